The zero-order chi connectivity index (χ0) is 16.4. The van der Waals surface area contributed by atoms with Crippen LogP contribution < -0.4 is 0 Å². The van der Waals surface area contributed by atoms with Crippen molar-refractivity contribution in [3.63, 3.8) is 0 Å². The Balaban J connectivity index is 1.54. The maximum absolute atomic E-state index is 12.9. The van der Waals surface area contributed by atoms with Crippen LogP contribution in [0.2, 0.25) is 0 Å². The van der Waals surface area contributed by atoms with Gasteiger partial charge in [-0.3, -0.25) is 4.79 Å². The smallest absolute Gasteiger partial charge is 0.253 e. The minimum atomic E-state index is 0.105. The van der Waals surface area contributed by atoms with Crippen LogP contribution in [0.3, 0.4) is 0 Å². The summed E-state index contributed by atoms with van der Waals surface area (Å²) in [6.45, 7) is 1.56. The lowest BCUT2D eigenvalue weighted by Gasteiger charge is -2.33. The molecule has 1 amide bonds. The number of imidazole rings is 1. The molecule has 0 spiro atoms. The standard InChI is InChI=1S/C19H20N4O/c24-19(16-5-3-6-17(13-16)21-9-1-2-10-21)22-11-4-7-18(14-22)23-12-8-20-15-23/h1-3,5-6,8-10,12-13,15,18H,4,7,11,14H2/t18-/m0/s1. The van der Waals surface area contributed by atoms with E-state index in [1.165, 1.54) is 0 Å². The van der Waals surface area contributed by atoms with E-state index in [9.17, 15) is 4.79 Å². The molecule has 3 aromatic rings. The Hall–Kier alpha value is -2.82. The molecule has 1 aliphatic rings. The Kier molecular flexibility index (Phi) is 3.91. The molecule has 0 N–H and O–H groups in total. The Morgan fingerprint density at radius 1 is 1.12 bits per heavy atom. The fourth-order valence-corrected chi connectivity index (χ4v) is 3.36. The normalized spacial score (nSPS) is 17.8. The Morgan fingerprint density at radius 3 is 2.79 bits per heavy atom. The predicted molar refractivity (Wildman–Crippen MR) is 92.2 cm³/mol. The number of carbonyl (C=O) groups is 1. The number of nitrogens with zero attached hydrogens (tertiary/aromatic N) is 4. The van der Waals surface area contributed by atoms with Crippen LogP contribution in [0.1, 0.15) is 29.2 Å². The maximum Gasteiger partial charge on any atom is 0.253 e. The van der Waals surface area contributed by atoms with Gasteiger partial charge in [-0.05, 0) is 43.2 Å². The quantitative estimate of drug-likeness (QED) is 0.744. The first-order valence-corrected chi connectivity index (χ1v) is 8.31. The molecular formula is C19H20N4O. The number of piperidine rings is 1. The summed E-state index contributed by atoms with van der Waals surface area (Å²) < 4.78 is 4.12. The van der Waals surface area contributed by atoms with Gasteiger partial charge in [-0.2, -0.15) is 0 Å². The number of hydrogen-bond donors (Lipinski definition) is 0. The molecular weight excluding hydrogens is 300 g/mol. The van der Waals surface area contributed by atoms with Crippen molar-refractivity contribution in [1.82, 2.24) is 19.0 Å². The largest absolute Gasteiger partial charge is 0.337 e. The van der Waals surface area contributed by atoms with E-state index >= 15 is 0 Å². The van der Waals surface area contributed by atoms with Crippen molar-refractivity contribution < 1.29 is 4.79 Å². The van der Waals surface area contributed by atoms with Crippen LogP contribution in [-0.4, -0.2) is 38.0 Å². The van der Waals surface area contributed by atoms with Crippen molar-refractivity contribution in [2.24, 2.45) is 0 Å². The van der Waals surface area contributed by atoms with E-state index in [-0.39, 0.29) is 5.91 Å². The molecule has 1 fully saturated rings. The molecule has 24 heavy (non-hydrogen) atoms. The first kappa shape index (κ1) is 14.8. The molecule has 0 aliphatic carbocycles. The second kappa shape index (κ2) is 6.35. The molecule has 3 heterocycles. The third-order valence-electron chi connectivity index (χ3n) is 4.63. The molecule has 5 heteroatoms. The van der Waals surface area contributed by atoms with Crippen LogP contribution >= 0.6 is 0 Å². The van der Waals surface area contributed by atoms with Gasteiger partial charge in [0.25, 0.3) is 5.91 Å². The van der Waals surface area contributed by atoms with E-state index in [2.05, 4.69) is 9.55 Å². The van der Waals surface area contributed by atoms with Gasteiger partial charge in [-0.15, -0.1) is 0 Å². The molecule has 0 radical (unpaired) electrons. The highest BCUT2D eigenvalue weighted by atomic mass is 16.2. The molecule has 1 aliphatic heterocycles. The average molecular weight is 320 g/mol. The van der Waals surface area contributed by atoms with E-state index in [0.29, 0.717) is 6.04 Å². The first-order chi connectivity index (χ1) is 11.8. The lowest BCUT2D eigenvalue weighted by atomic mass is 10.0. The lowest BCUT2D eigenvalue weighted by molar-refractivity contribution is 0.0679. The van der Waals surface area contributed by atoms with Crippen LogP contribution in [0.25, 0.3) is 5.69 Å². The van der Waals surface area contributed by atoms with Gasteiger partial charge in [0.15, 0.2) is 0 Å². The minimum absolute atomic E-state index is 0.105. The molecule has 4 rings (SSSR count). The van der Waals surface area contributed by atoms with Crippen molar-refractivity contribution in [2.75, 3.05) is 13.1 Å². The van der Waals surface area contributed by atoms with Crippen LogP contribution in [-0.2, 0) is 0 Å². The molecule has 1 atom stereocenters. The Labute approximate surface area is 141 Å². The topological polar surface area (TPSA) is 43.1 Å². The summed E-state index contributed by atoms with van der Waals surface area (Å²) in [4.78, 5) is 19.0. The SMILES string of the molecule is O=C(c1cccc(-n2cccc2)c1)N1CCC[C@H](n2ccnc2)C1. The highest BCUT2D eigenvalue weighted by Gasteiger charge is 2.25. The van der Waals surface area contributed by atoms with Gasteiger partial charge in [-0.1, -0.05) is 6.07 Å². The Bertz CT molecular complexity index is 808. The molecule has 122 valence electrons. The van der Waals surface area contributed by atoms with Crippen LogP contribution in [0.5, 0.6) is 0 Å². The Morgan fingerprint density at radius 2 is 2.00 bits per heavy atom. The van der Waals surface area contributed by atoms with Crippen LogP contribution in [0, 0.1) is 0 Å². The van der Waals surface area contributed by atoms with Gasteiger partial charge < -0.3 is 14.0 Å². The zero-order valence-corrected chi connectivity index (χ0v) is 13.5. The number of hydrogen-bond acceptors (Lipinski definition) is 2. The van der Waals surface area contributed by atoms with Crippen molar-refractivity contribution in [2.45, 2.75) is 18.9 Å². The molecule has 5 nitrogen and oxygen atoms in total. The monoisotopic (exact) mass is 320 g/mol. The van der Waals surface area contributed by atoms with E-state index < -0.39 is 0 Å². The first-order valence-electron chi connectivity index (χ1n) is 8.31. The molecule has 1 saturated heterocycles. The van der Waals surface area contributed by atoms with Crippen molar-refractivity contribution in [3.8, 4) is 5.69 Å². The highest BCUT2D eigenvalue weighted by Crippen LogP contribution is 2.23. The highest BCUT2D eigenvalue weighted by molar-refractivity contribution is 5.94. The number of carbonyl (C=O) groups excluding carboxylic acids is 1. The fourth-order valence-electron chi connectivity index (χ4n) is 3.36. The average Bonchev–Trinajstić information content (AvgIpc) is 3.35. The summed E-state index contributed by atoms with van der Waals surface area (Å²) in [6.07, 6.45) is 11.7. The van der Waals surface area contributed by atoms with E-state index in [1.54, 1.807) is 6.20 Å². The molecule has 0 unspecified atom stereocenters. The number of amides is 1. The molecule has 0 saturated carbocycles. The predicted octanol–water partition coefficient (Wildman–Crippen LogP) is 3.15. The van der Waals surface area contributed by atoms with Gasteiger partial charge in [0, 0.05) is 49.1 Å². The number of benzene rings is 1. The third kappa shape index (κ3) is 2.85. The third-order valence-corrected chi connectivity index (χ3v) is 4.63. The van der Waals surface area contributed by atoms with E-state index in [4.69, 9.17) is 0 Å². The summed E-state index contributed by atoms with van der Waals surface area (Å²) >= 11 is 0. The number of aromatic nitrogens is 3. The lowest BCUT2D eigenvalue weighted by Crippen LogP contribution is -2.40. The summed E-state index contributed by atoms with van der Waals surface area (Å²) in [6, 6.07) is 12.1. The van der Waals surface area contributed by atoms with Crippen molar-refractivity contribution in [3.05, 3.63) is 73.1 Å². The summed E-state index contributed by atoms with van der Waals surface area (Å²) in [5.74, 6) is 0.105. The van der Waals surface area contributed by atoms with Gasteiger partial charge in [0.05, 0.1) is 12.4 Å². The summed E-state index contributed by atoms with van der Waals surface area (Å²) in [7, 11) is 0. The van der Waals surface area contributed by atoms with Crippen molar-refractivity contribution in [1.29, 1.82) is 0 Å². The molecule has 2 aromatic heterocycles. The van der Waals surface area contributed by atoms with E-state index in [0.717, 1.165) is 37.2 Å². The van der Waals surface area contributed by atoms with E-state index in [1.807, 2.05) is 70.8 Å². The number of likely N-dealkylation sites (tertiary alicyclic amines) is 1. The van der Waals surface area contributed by atoms with Crippen LogP contribution in [0.15, 0.2) is 67.5 Å². The minimum Gasteiger partial charge on any atom is -0.337 e. The summed E-state index contributed by atoms with van der Waals surface area (Å²) in [5.41, 5.74) is 1.75. The summed E-state index contributed by atoms with van der Waals surface area (Å²) in [5, 5.41) is 0. The van der Waals surface area contributed by atoms with Gasteiger partial charge >= 0.3 is 0 Å². The fraction of sp³-hybridized carbons (Fsp3) is 0.263. The van der Waals surface area contributed by atoms with Crippen LogP contribution in [0.4, 0.5) is 0 Å². The van der Waals surface area contributed by atoms with Crippen molar-refractivity contribution >= 4 is 5.91 Å². The molecule has 0 bridgehead atoms. The number of rotatable bonds is 3. The second-order valence-electron chi connectivity index (χ2n) is 6.20. The van der Waals surface area contributed by atoms with Gasteiger partial charge in [0.1, 0.15) is 0 Å². The molecule has 1 aromatic carbocycles. The van der Waals surface area contributed by atoms with Gasteiger partial charge in [-0.25, -0.2) is 4.98 Å². The maximum atomic E-state index is 12.9. The van der Waals surface area contributed by atoms with Gasteiger partial charge in [0.2, 0.25) is 0 Å². The zero-order valence-electron chi connectivity index (χ0n) is 13.5. The second-order valence-corrected chi connectivity index (χ2v) is 6.20.